The van der Waals surface area contributed by atoms with Gasteiger partial charge in [-0.3, -0.25) is 9.20 Å². The summed E-state index contributed by atoms with van der Waals surface area (Å²) in [5.74, 6) is -0.139. The molecule has 0 saturated heterocycles. The van der Waals surface area contributed by atoms with Crippen LogP contribution in [-0.2, 0) is 0 Å². The first-order valence-corrected chi connectivity index (χ1v) is 6.88. The number of amides is 1. The van der Waals surface area contributed by atoms with Crippen molar-refractivity contribution in [1.29, 1.82) is 0 Å². The Morgan fingerprint density at radius 1 is 1.14 bits per heavy atom. The van der Waals surface area contributed by atoms with Gasteiger partial charge in [0.2, 0.25) is 0 Å². The van der Waals surface area contributed by atoms with Gasteiger partial charge in [-0.25, -0.2) is 4.98 Å². The molecule has 0 bridgehead atoms. The molecular formula is C17H17N3O. The number of aromatic nitrogens is 2. The first-order chi connectivity index (χ1) is 10.1. The van der Waals surface area contributed by atoms with Crippen LogP contribution in [0.15, 0.2) is 42.6 Å². The molecule has 4 heteroatoms. The molecule has 0 aliphatic carbocycles. The number of anilines is 1. The fraction of sp³-hybridized carbons (Fsp3) is 0.176. The number of fused-ring (bicyclic) bond motifs is 1. The van der Waals surface area contributed by atoms with E-state index < -0.39 is 0 Å². The molecule has 2 aromatic heterocycles. The molecule has 0 radical (unpaired) electrons. The second-order valence-electron chi connectivity index (χ2n) is 5.25. The van der Waals surface area contributed by atoms with E-state index in [9.17, 15) is 4.79 Å². The zero-order valence-electron chi connectivity index (χ0n) is 12.3. The van der Waals surface area contributed by atoms with Crippen LogP contribution in [0.25, 0.3) is 5.65 Å². The van der Waals surface area contributed by atoms with Gasteiger partial charge in [0.15, 0.2) is 0 Å². The van der Waals surface area contributed by atoms with E-state index in [2.05, 4.69) is 10.3 Å². The van der Waals surface area contributed by atoms with Crippen LogP contribution in [0.4, 0.5) is 5.69 Å². The van der Waals surface area contributed by atoms with E-state index >= 15 is 0 Å². The van der Waals surface area contributed by atoms with Crippen molar-refractivity contribution < 1.29 is 4.79 Å². The fourth-order valence-corrected chi connectivity index (χ4v) is 2.44. The normalized spacial score (nSPS) is 10.8. The summed E-state index contributed by atoms with van der Waals surface area (Å²) in [6.07, 6.45) is 1.85. The van der Waals surface area contributed by atoms with Gasteiger partial charge in [0.25, 0.3) is 5.91 Å². The standard InChI is InChI=1S/C17H17N3O/c1-11-7-8-12(2)14(10-11)19-17(21)16-13(3)18-15-6-4-5-9-20(15)16/h4-10H,1-3H3,(H,19,21). The predicted octanol–water partition coefficient (Wildman–Crippen LogP) is 3.51. The maximum atomic E-state index is 12.6. The maximum Gasteiger partial charge on any atom is 0.274 e. The highest BCUT2D eigenvalue weighted by Gasteiger charge is 2.16. The predicted molar refractivity (Wildman–Crippen MR) is 83.8 cm³/mol. The Morgan fingerprint density at radius 3 is 2.76 bits per heavy atom. The number of aryl methyl sites for hydroxylation is 3. The van der Waals surface area contributed by atoms with Crippen LogP contribution >= 0.6 is 0 Å². The van der Waals surface area contributed by atoms with Gasteiger partial charge in [0, 0.05) is 11.9 Å². The Labute approximate surface area is 123 Å². The summed E-state index contributed by atoms with van der Waals surface area (Å²) in [4.78, 5) is 17.0. The van der Waals surface area contributed by atoms with E-state index in [1.54, 1.807) is 0 Å². The number of imidazole rings is 1. The minimum Gasteiger partial charge on any atom is -0.320 e. The third-order valence-corrected chi connectivity index (χ3v) is 3.56. The summed E-state index contributed by atoms with van der Waals surface area (Å²) in [5.41, 5.74) is 5.08. The van der Waals surface area contributed by atoms with Crippen molar-refractivity contribution in [2.45, 2.75) is 20.8 Å². The smallest absolute Gasteiger partial charge is 0.274 e. The van der Waals surface area contributed by atoms with Crippen molar-refractivity contribution in [3.63, 3.8) is 0 Å². The highest BCUT2D eigenvalue weighted by molar-refractivity contribution is 6.04. The molecule has 1 amide bonds. The average molecular weight is 279 g/mol. The first kappa shape index (κ1) is 13.4. The van der Waals surface area contributed by atoms with Crippen molar-refractivity contribution in [2.75, 3.05) is 5.32 Å². The first-order valence-electron chi connectivity index (χ1n) is 6.88. The van der Waals surface area contributed by atoms with Gasteiger partial charge in [-0.15, -0.1) is 0 Å². The lowest BCUT2D eigenvalue weighted by molar-refractivity contribution is 0.102. The number of nitrogens with zero attached hydrogens (tertiary/aromatic N) is 2. The second kappa shape index (κ2) is 5.05. The maximum absolute atomic E-state index is 12.6. The quantitative estimate of drug-likeness (QED) is 0.780. The summed E-state index contributed by atoms with van der Waals surface area (Å²) >= 11 is 0. The van der Waals surface area contributed by atoms with E-state index in [0.717, 1.165) is 28.2 Å². The third-order valence-electron chi connectivity index (χ3n) is 3.56. The SMILES string of the molecule is Cc1ccc(C)c(NC(=O)c2c(C)nc3ccccn23)c1. The molecule has 106 valence electrons. The van der Waals surface area contributed by atoms with Gasteiger partial charge in [-0.05, 0) is 50.1 Å². The Morgan fingerprint density at radius 2 is 1.95 bits per heavy atom. The molecular weight excluding hydrogens is 262 g/mol. The topological polar surface area (TPSA) is 46.4 Å². The van der Waals surface area contributed by atoms with Crippen LogP contribution in [0.5, 0.6) is 0 Å². The number of pyridine rings is 1. The van der Waals surface area contributed by atoms with Gasteiger partial charge < -0.3 is 5.32 Å². The molecule has 21 heavy (non-hydrogen) atoms. The van der Waals surface area contributed by atoms with Crippen LogP contribution in [0, 0.1) is 20.8 Å². The molecule has 3 aromatic rings. The molecule has 0 aliphatic heterocycles. The zero-order valence-corrected chi connectivity index (χ0v) is 12.3. The summed E-state index contributed by atoms with van der Waals surface area (Å²) in [6, 6.07) is 11.7. The third kappa shape index (κ3) is 2.40. The lowest BCUT2D eigenvalue weighted by atomic mass is 10.1. The second-order valence-corrected chi connectivity index (χ2v) is 5.25. The van der Waals surface area contributed by atoms with E-state index in [0.29, 0.717) is 5.69 Å². The number of carbonyl (C=O) groups is 1. The molecule has 0 fully saturated rings. The molecule has 4 nitrogen and oxygen atoms in total. The number of hydrogen-bond donors (Lipinski definition) is 1. The average Bonchev–Trinajstić information content (AvgIpc) is 2.78. The Kier molecular flexibility index (Phi) is 3.22. The van der Waals surface area contributed by atoms with E-state index in [-0.39, 0.29) is 5.91 Å². The monoisotopic (exact) mass is 279 g/mol. The molecule has 0 spiro atoms. The van der Waals surface area contributed by atoms with E-state index in [1.165, 1.54) is 0 Å². The fourth-order valence-electron chi connectivity index (χ4n) is 2.44. The van der Waals surface area contributed by atoms with Crippen molar-refractivity contribution in [1.82, 2.24) is 9.38 Å². The Bertz CT molecular complexity index is 833. The minimum atomic E-state index is -0.139. The number of hydrogen-bond acceptors (Lipinski definition) is 2. The van der Waals surface area contributed by atoms with Crippen LogP contribution in [-0.4, -0.2) is 15.3 Å². The number of carbonyl (C=O) groups excluding carboxylic acids is 1. The minimum absolute atomic E-state index is 0.139. The molecule has 0 atom stereocenters. The van der Waals surface area contributed by atoms with Crippen molar-refractivity contribution in [3.05, 3.63) is 65.1 Å². The molecule has 1 aromatic carbocycles. The molecule has 3 rings (SSSR count). The molecule has 0 saturated carbocycles. The van der Waals surface area contributed by atoms with Crippen molar-refractivity contribution in [2.24, 2.45) is 0 Å². The van der Waals surface area contributed by atoms with Crippen molar-refractivity contribution in [3.8, 4) is 0 Å². The van der Waals surface area contributed by atoms with Gasteiger partial charge in [-0.2, -0.15) is 0 Å². The molecule has 1 N–H and O–H groups in total. The van der Waals surface area contributed by atoms with E-state index in [4.69, 9.17) is 0 Å². The van der Waals surface area contributed by atoms with Crippen molar-refractivity contribution >= 4 is 17.2 Å². The van der Waals surface area contributed by atoms with Gasteiger partial charge >= 0.3 is 0 Å². The van der Waals surface area contributed by atoms with Crippen LogP contribution in [0.1, 0.15) is 27.3 Å². The Hall–Kier alpha value is -2.62. The van der Waals surface area contributed by atoms with Crippen LogP contribution in [0.3, 0.4) is 0 Å². The summed E-state index contributed by atoms with van der Waals surface area (Å²) in [5, 5.41) is 2.99. The van der Waals surface area contributed by atoms with Gasteiger partial charge in [-0.1, -0.05) is 18.2 Å². The van der Waals surface area contributed by atoms with Crippen LogP contribution in [0.2, 0.25) is 0 Å². The highest BCUT2D eigenvalue weighted by Crippen LogP contribution is 2.19. The molecule has 2 heterocycles. The Balaban J connectivity index is 2.01. The number of benzene rings is 1. The van der Waals surface area contributed by atoms with Gasteiger partial charge in [0.05, 0.1) is 5.69 Å². The number of rotatable bonds is 2. The lowest BCUT2D eigenvalue weighted by Gasteiger charge is -2.09. The van der Waals surface area contributed by atoms with Gasteiger partial charge in [0.1, 0.15) is 11.3 Å². The zero-order chi connectivity index (χ0) is 15.0. The summed E-state index contributed by atoms with van der Waals surface area (Å²) in [6.45, 7) is 5.84. The summed E-state index contributed by atoms with van der Waals surface area (Å²) < 4.78 is 1.82. The highest BCUT2D eigenvalue weighted by atomic mass is 16.2. The van der Waals surface area contributed by atoms with E-state index in [1.807, 2.05) is 67.8 Å². The largest absolute Gasteiger partial charge is 0.320 e. The lowest BCUT2D eigenvalue weighted by Crippen LogP contribution is -2.16. The van der Waals surface area contributed by atoms with Crippen LogP contribution < -0.4 is 5.32 Å². The number of nitrogens with one attached hydrogen (secondary N) is 1. The summed E-state index contributed by atoms with van der Waals surface area (Å²) in [7, 11) is 0. The molecule has 0 unspecified atom stereocenters. The molecule has 0 aliphatic rings.